The lowest BCUT2D eigenvalue weighted by Crippen LogP contribution is -2.30. The zero-order valence-corrected chi connectivity index (χ0v) is 17.9. The molecule has 1 saturated heterocycles. The number of amides is 1. The Morgan fingerprint density at radius 3 is 2.22 bits per heavy atom. The average Bonchev–Trinajstić information content (AvgIpc) is 3.15. The van der Waals surface area contributed by atoms with Crippen molar-refractivity contribution < 1.29 is 13.2 Å². The molecule has 0 aromatic heterocycles. The van der Waals surface area contributed by atoms with Gasteiger partial charge >= 0.3 is 0 Å². The first-order valence-corrected chi connectivity index (χ1v) is 11.0. The molecule has 0 radical (unpaired) electrons. The Hall–Kier alpha value is -1.15. The predicted octanol–water partition coefficient (Wildman–Crippen LogP) is 2.74. The molecule has 8 heteroatoms. The van der Waals surface area contributed by atoms with Crippen molar-refractivity contribution in [2.24, 2.45) is 0 Å². The number of rotatable bonds is 10. The zero-order valence-electron chi connectivity index (χ0n) is 16.3. The first-order chi connectivity index (χ1) is 12.5. The summed E-state index contributed by atoms with van der Waals surface area (Å²) in [7, 11) is -3.48. The van der Waals surface area contributed by atoms with Gasteiger partial charge in [0.05, 0.1) is 4.90 Å². The second-order valence-corrected chi connectivity index (χ2v) is 8.56. The number of carbonyl (C=O) groups is 1. The second-order valence-electron chi connectivity index (χ2n) is 6.63. The summed E-state index contributed by atoms with van der Waals surface area (Å²) in [5.74, 6) is -0.155. The molecular formula is C19H32ClN3O3S. The van der Waals surface area contributed by atoms with E-state index in [9.17, 15) is 13.2 Å². The van der Waals surface area contributed by atoms with E-state index in [1.54, 1.807) is 12.1 Å². The maximum absolute atomic E-state index is 12.4. The van der Waals surface area contributed by atoms with Gasteiger partial charge < -0.3 is 10.2 Å². The maximum atomic E-state index is 12.4. The third-order valence-electron chi connectivity index (χ3n) is 4.85. The number of likely N-dealkylation sites (tertiary alicyclic amines) is 1. The summed E-state index contributed by atoms with van der Waals surface area (Å²) in [5.41, 5.74) is 0.489. The number of halogens is 1. The SMILES string of the molecule is CCN(CC)S(=O)(=O)c1ccc(C(=O)NCCCCN2CCCC2)cc1.Cl. The number of benzene rings is 1. The third-order valence-corrected chi connectivity index (χ3v) is 6.91. The minimum Gasteiger partial charge on any atom is -0.352 e. The van der Waals surface area contributed by atoms with Gasteiger partial charge in [0.1, 0.15) is 0 Å². The van der Waals surface area contributed by atoms with Crippen LogP contribution in [0.15, 0.2) is 29.2 Å². The quantitative estimate of drug-likeness (QED) is 0.594. The molecule has 1 aliphatic heterocycles. The second kappa shape index (κ2) is 11.6. The van der Waals surface area contributed by atoms with Crippen molar-refractivity contribution in [2.75, 3.05) is 39.3 Å². The highest BCUT2D eigenvalue weighted by atomic mass is 35.5. The Labute approximate surface area is 169 Å². The fourth-order valence-corrected chi connectivity index (χ4v) is 4.72. The minimum atomic E-state index is -3.48. The number of sulfonamides is 1. The highest BCUT2D eigenvalue weighted by molar-refractivity contribution is 7.89. The standard InChI is InChI=1S/C19H31N3O3S.ClH/c1-3-22(4-2)26(24,25)18-11-9-17(10-12-18)19(23)20-13-5-6-14-21-15-7-8-16-21;/h9-12H,3-8,13-16H2,1-2H3,(H,20,23);1H. The minimum absolute atomic E-state index is 0. The van der Waals surface area contributed by atoms with Gasteiger partial charge in [-0.2, -0.15) is 4.31 Å². The molecule has 0 atom stereocenters. The van der Waals surface area contributed by atoms with Crippen molar-refractivity contribution in [3.05, 3.63) is 29.8 Å². The van der Waals surface area contributed by atoms with E-state index in [2.05, 4.69) is 10.2 Å². The molecule has 6 nitrogen and oxygen atoms in total. The molecule has 1 N–H and O–H groups in total. The van der Waals surface area contributed by atoms with Crippen molar-refractivity contribution >= 4 is 28.3 Å². The molecule has 0 unspecified atom stereocenters. The van der Waals surface area contributed by atoms with Gasteiger partial charge in [-0.25, -0.2) is 8.42 Å². The van der Waals surface area contributed by atoms with E-state index in [-0.39, 0.29) is 23.2 Å². The summed E-state index contributed by atoms with van der Waals surface area (Å²) in [6.07, 6.45) is 4.64. The molecule has 0 bridgehead atoms. The number of nitrogens with zero attached hydrogens (tertiary/aromatic N) is 2. The molecule has 2 rings (SSSR count). The van der Waals surface area contributed by atoms with Crippen molar-refractivity contribution in [1.82, 2.24) is 14.5 Å². The monoisotopic (exact) mass is 417 g/mol. The average molecular weight is 418 g/mol. The molecule has 27 heavy (non-hydrogen) atoms. The van der Waals surface area contributed by atoms with E-state index in [0.29, 0.717) is 25.2 Å². The lowest BCUT2D eigenvalue weighted by Gasteiger charge is -2.18. The number of hydrogen-bond donors (Lipinski definition) is 1. The normalized spacial score (nSPS) is 14.9. The van der Waals surface area contributed by atoms with Crippen LogP contribution < -0.4 is 5.32 Å². The van der Waals surface area contributed by atoms with Gasteiger partial charge in [-0.05, 0) is 69.6 Å². The van der Waals surface area contributed by atoms with E-state index < -0.39 is 10.0 Å². The van der Waals surface area contributed by atoms with E-state index in [1.807, 2.05) is 13.8 Å². The van der Waals surface area contributed by atoms with Crippen molar-refractivity contribution in [3.63, 3.8) is 0 Å². The van der Waals surface area contributed by atoms with Crippen LogP contribution in [0.3, 0.4) is 0 Å². The van der Waals surface area contributed by atoms with Gasteiger partial charge in [0.25, 0.3) is 5.91 Å². The van der Waals surface area contributed by atoms with Crippen LogP contribution in [-0.2, 0) is 10.0 Å². The van der Waals surface area contributed by atoms with Gasteiger partial charge in [0, 0.05) is 25.2 Å². The van der Waals surface area contributed by atoms with E-state index in [1.165, 1.54) is 42.4 Å². The lowest BCUT2D eigenvalue weighted by atomic mass is 10.2. The number of unbranched alkanes of at least 4 members (excludes halogenated alkanes) is 1. The first kappa shape index (κ1) is 23.9. The lowest BCUT2D eigenvalue weighted by molar-refractivity contribution is 0.0952. The zero-order chi connectivity index (χ0) is 19.0. The van der Waals surface area contributed by atoms with E-state index in [0.717, 1.165) is 19.4 Å². The summed E-state index contributed by atoms with van der Waals surface area (Å²) >= 11 is 0. The van der Waals surface area contributed by atoms with Crippen molar-refractivity contribution in [2.45, 2.75) is 44.4 Å². The number of nitrogens with one attached hydrogen (secondary N) is 1. The topological polar surface area (TPSA) is 69.7 Å². The molecule has 1 aliphatic rings. The highest BCUT2D eigenvalue weighted by Gasteiger charge is 2.21. The molecule has 1 aromatic carbocycles. The molecule has 1 aromatic rings. The molecule has 154 valence electrons. The highest BCUT2D eigenvalue weighted by Crippen LogP contribution is 2.16. The molecule has 1 amide bonds. The Morgan fingerprint density at radius 1 is 1.07 bits per heavy atom. The fourth-order valence-electron chi connectivity index (χ4n) is 3.26. The van der Waals surface area contributed by atoms with Gasteiger partial charge in [0.15, 0.2) is 0 Å². The third kappa shape index (κ3) is 6.75. The van der Waals surface area contributed by atoms with E-state index in [4.69, 9.17) is 0 Å². The van der Waals surface area contributed by atoms with Crippen LogP contribution in [0.5, 0.6) is 0 Å². The molecule has 1 fully saturated rings. The Kier molecular flexibility index (Phi) is 10.3. The largest absolute Gasteiger partial charge is 0.352 e. The predicted molar refractivity (Wildman–Crippen MR) is 111 cm³/mol. The first-order valence-electron chi connectivity index (χ1n) is 9.59. The van der Waals surface area contributed by atoms with Gasteiger partial charge in [0.2, 0.25) is 10.0 Å². The number of hydrogen-bond acceptors (Lipinski definition) is 4. The number of carbonyl (C=O) groups excluding carboxylic acids is 1. The fraction of sp³-hybridized carbons (Fsp3) is 0.632. The molecule has 0 aliphatic carbocycles. The smallest absolute Gasteiger partial charge is 0.251 e. The Bertz CT molecular complexity index is 670. The summed E-state index contributed by atoms with van der Waals surface area (Å²) in [6.45, 7) is 8.64. The van der Waals surface area contributed by atoms with Crippen molar-refractivity contribution in [3.8, 4) is 0 Å². The van der Waals surface area contributed by atoms with Crippen LogP contribution in [0, 0.1) is 0 Å². The van der Waals surface area contributed by atoms with Crippen LogP contribution in [-0.4, -0.2) is 62.8 Å². The van der Waals surface area contributed by atoms with Crippen LogP contribution in [0.4, 0.5) is 0 Å². The van der Waals surface area contributed by atoms with Crippen LogP contribution in [0.1, 0.15) is 49.9 Å². The summed E-state index contributed by atoms with van der Waals surface area (Å²) in [4.78, 5) is 14.9. The van der Waals surface area contributed by atoms with Crippen LogP contribution >= 0.6 is 12.4 Å². The molecule has 0 saturated carbocycles. The summed E-state index contributed by atoms with van der Waals surface area (Å²) in [6, 6.07) is 6.18. The van der Waals surface area contributed by atoms with E-state index >= 15 is 0 Å². The molecular weight excluding hydrogens is 386 g/mol. The molecule has 0 spiro atoms. The summed E-state index contributed by atoms with van der Waals surface area (Å²) in [5, 5.41) is 2.91. The van der Waals surface area contributed by atoms with Crippen molar-refractivity contribution in [1.29, 1.82) is 0 Å². The molecule has 1 heterocycles. The van der Waals surface area contributed by atoms with Gasteiger partial charge in [-0.15, -0.1) is 12.4 Å². The van der Waals surface area contributed by atoms with Gasteiger partial charge in [-0.1, -0.05) is 13.8 Å². The van der Waals surface area contributed by atoms with Gasteiger partial charge in [-0.3, -0.25) is 4.79 Å². The Morgan fingerprint density at radius 2 is 1.67 bits per heavy atom. The van der Waals surface area contributed by atoms with Crippen LogP contribution in [0.2, 0.25) is 0 Å². The Balaban J connectivity index is 0.00000364. The maximum Gasteiger partial charge on any atom is 0.251 e. The van der Waals surface area contributed by atoms with Crippen LogP contribution in [0.25, 0.3) is 0 Å². The summed E-state index contributed by atoms with van der Waals surface area (Å²) < 4.78 is 26.3.